The third-order valence-corrected chi connectivity index (χ3v) is 4.33. The van der Waals surface area contributed by atoms with Gasteiger partial charge in [0.05, 0.1) is 17.4 Å². The van der Waals surface area contributed by atoms with Crippen LogP contribution in [0.15, 0.2) is 73.1 Å². The van der Waals surface area contributed by atoms with Gasteiger partial charge in [-0.05, 0) is 41.5 Å². The van der Waals surface area contributed by atoms with E-state index in [-0.39, 0.29) is 5.82 Å². The molecule has 1 aliphatic heterocycles. The highest BCUT2D eigenvalue weighted by Gasteiger charge is 2.19. The fourth-order valence-electron chi connectivity index (χ4n) is 3.00. The van der Waals surface area contributed by atoms with E-state index in [0.29, 0.717) is 0 Å². The molecular formula is C20H16FN3. The second kappa shape index (κ2) is 5.49. The normalized spacial score (nSPS) is 14.8. The largest absolute Gasteiger partial charge is 0.344 e. The smallest absolute Gasteiger partial charge is 0.123 e. The zero-order chi connectivity index (χ0) is 16.7. The van der Waals surface area contributed by atoms with E-state index in [4.69, 9.17) is 0 Å². The summed E-state index contributed by atoms with van der Waals surface area (Å²) in [4.78, 5) is 2.06. The van der Waals surface area contributed by atoms with Crippen molar-refractivity contribution in [2.75, 3.05) is 7.05 Å². The Hall–Kier alpha value is -3.14. The van der Waals surface area contributed by atoms with Gasteiger partial charge in [-0.25, -0.2) is 4.39 Å². The lowest BCUT2D eigenvalue weighted by Gasteiger charge is -2.29. The number of nitrogens with zero attached hydrogens (tertiary/aromatic N) is 2. The maximum Gasteiger partial charge on any atom is 0.123 e. The van der Waals surface area contributed by atoms with Crippen molar-refractivity contribution in [3.8, 4) is 0 Å². The Labute approximate surface area is 139 Å². The van der Waals surface area contributed by atoms with Crippen molar-refractivity contribution >= 4 is 22.2 Å². The Balaban J connectivity index is 1.94. The van der Waals surface area contributed by atoms with Crippen LogP contribution in [0, 0.1) is 5.82 Å². The van der Waals surface area contributed by atoms with Crippen LogP contribution in [0.2, 0.25) is 0 Å². The van der Waals surface area contributed by atoms with Gasteiger partial charge in [0.15, 0.2) is 0 Å². The highest BCUT2D eigenvalue weighted by Crippen LogP contribution is 2.36. The van der Waals surface area contributed by atoms with Crippen molar-refractivity contribution in [3.63, 3.8) is 0 Å². The topological polar surface area (TPSA) is 31.9 Å². The van der Waals surface area contributed by atoms with Crippen molar-refractivity contribution in [2.24, 2.45) is 0 Å². The summed E-state index contributed by atoms with van der Waals surface area (Å²) in [7, 11) is 1.99. The number of aromatic amines is 1. The molecule has 0 aliphatic carbocycles. The van der Waals surface area contributed by atoms with Gasteiger partial charge in [-0.15, -0.1) is 0 Å². The van der Waals surface area contributed by atoms with Gasteiger partial charge in [-0.3, -0.25) is 5.10 Å². The van der Waals surface area contributed by atoms with Crippen LogP contribution in [0.4, 0.5) is 4.39 Å². The molecule has 0 fully saturated rings. The molecule has 0 saturated carbocycles. The van der Waals surface area contributed by atoms with Crippen LogP contribution < -0.4 is 0 Å². The minimum Gasteiger partial charge on any atom is -0.344 e. The molecule has 0 radical (unpaired) electrons. The number of aromatic nitrogens is 2. The summed E-state index contributed by atoms with van der Waals surface area (Å²) in [5, 5.41) is 8.09. The number of hydrogen-bond donors (Lipinski definition) is 1. The molecule has 1 aromatic heterocycles. The summed E-state index contributed by atoms with van der Waals surface area (Å²) < 4.78 is 13.3. The van der Waals surface area contributed by atoms with Gasteiger partial charge in [-0.1, -0.05) is 30.9 Å². The van der Waals surface area contributed by atoms with Crippen molar-refractivity contribution in [2.45, 2.75) is 0 Å². The van der Waals surface area contributed by atoms with Crippen LogP contribution in [0.3, 0.4) is 0 Å². The molecule has 2 aromatic carbocycles. The van der Waals surface area contributed by atoms with Crippen LogP contribution in [-0.2, 0) is 0 Å². The number of halogens is 1. The third-order valence-electron chi connectivity index (χ3n) is 4.33. The number of rotatable bonds is 2. The molecular weight excluding hydrogens is 301 g/mol. The van der Waals surface area contributed by atoms with Gasteiger partial charge in [0.25, 0.3) is 0 Å². The van der Waals surface area contributed by atoms with Gasteiger partial charge in [0.1, 0.15) is 5.82 Å². The lowest BCUT2D eigenvalue weighted by molar-refractivity contribution is 0.617. The number of benzene rings is 2. The number of hydrogen-bond acceptors (Lipinski definition) is 2. The van der Waals surface area contributed by atoms with Gasteiger partial charge in [-0.2, -0.15) is 5.10 Å². The SMILES string of the molecule is C=C1C=CC(c2ccc(F)cc2)=C(c2ccc3[nH]ncc3c2)N1C. The fraction of sp³-hybridized carbons (Fsp3) is 0.0500. The highest BCUT2D eigenvalue weighted by atomic mass is 19.1. The average molecular weight is 317 g/mol. The summed E-state index contributed by atoms with van der Waals surface area (Å²) in [6.45, 7) is 4.09. The number of H-pyrrole nitrogens is 1. The molecule has 0 amide bonds. The standard InChI is InChI=1S/C20H16FN3/c1-13-3-9-18(14-4-7-17(21)8-5-14)20(24(13)2)15-6-10-19-16(11-15)12-22-23-19/h3-12H,1H2,2H3,(H,22,23). The molecule has 118 valence electrons. The molecule has 1 aliphatic rings. The van der Waals surface area contributed by atoms with E-state index in [1.807, 2.05) is 31.5 Å². The zero-order valence-corrected chi connectivity index (χ0v) is 13.3. The van der Waals surface area contributed by atoms with Crippen molar-refractivity contribution in [3.05, 3.63) is 90.0 Å². The van der Waals surface area contributed by atoms with E-state index in [0.717, 1.165) is 39.0 Å². The average Bonchev–Trinajstić information content (AvgIpc) is 3.05. The minimum atomic E-state index is -0.238. The summed E-state index contributed by atoms with van der Waals surface area (Å²) in [6, 6.07) is 12.7. The fourth-order valence-corrected chi connectivity index (χ4v) is 3.00. The molecule has 4 rings (SSSR count). The molecule has 2 heterocycles. The monoisotopic (exact) mass is 317 g/mol. The van der Waals surface area contributed by atoms with Crippen molar-refractivity contribution < 1.29 is 4.39 Å². The predicted molar refractivity (Wildman–Crippen MR) is 95.4 cm³/mol. The Morgan fingerprint density at radius 2 is 1.79 bits per heavy atom. The van der Waals surface area contributed by atoms with E-state index < -0.39 is 0 Å². The number of likely N-dealkylation sites (N-methyl/N-ethyl adjacent to an activating group) is 1. The van der Waals surface area contributed by atoms with Crippen LogP contribution in [0.1, 0.15) is 11.1 Å². The molecule has 3 aromatic rings. The first-order valence-electron chi connectivity index (χ1n) is 7.68. The Morgan fingerprint density at radius 3 is 2.58 bits per heavy atom. The van der Waals surface area contributed by atoms with Crippen LogP contribution in [0.25, 0.3) is 22.2 Å². The third kappa shape index (κ3) is 2.33. The maximum atomic E-state index is 13.3. The van der Waals surface area contributed by atoms with Crippen LogP contribution in [-0.4, -0.2) is 22.1 Å². The van der Waals surface area contributed by atoms with E-state index >= 15 is 0 Å². The van der Waals surface area contributed by atoms with Gasteiger partial charge < -0.3 is 4.90 Å². The first kappa shape index (κ1) is 14.5. The molecule has 0 atom stereocenters. The van der Waals surface area contributed by atoms with E-state index in [9.17, 15) is 4.39 Å². The lowest BCUT2D eigenvalue weighted by Crippen LogP contribution is -2.18. The molecule has 24 heavy (non-hydrogen) atoms. The first-order valence-corrected chi connectivity index (χ1v) is 7.68. The summed E-state index contributed by atoms with van der Waals surface area (Å²) >= 11 is 0. The number of nitrogens with one attached hydrogen (secondary N) is 1. The maximum absolute atomic E-state index is 13.3. The Bertz CT molecular complexity index is 993. The van der Waals surface area contributed by atoms with Crippen LogP contribution in [0.5, 0.6) is 0 Å². The molecule has 1 N–H and O–H groups in total. The quantitative estimate of drug-likeness (QED) is 0.750. The summed E-state index contributed by atoms with van der Waals surface area (Å²) in [6.07, 6.45) is 5.81. The molecule has 4 heteroatoms. The first-order chi connectivity index (χ1) is 11.6. The highest BCUT2D eigenvalue weighted by molar-refractivity contribution is 5.98. The van der Waals surface area contributed by atoms with Gasteiger partial charge >= 0.3 is 0 Å². The summed E-state index contributed by atoms with van der Waals surface area (Å²) in [5.41, 5.74) is 6.01. The molecule has 3 nitrogen and oxygen atoms in total. The number of allylic oxidation sites excluding steroid dienone is 3. The Morgan fingerprint density at radius 1 is 1.04 bits per heavy atom. The lowest BCUT2D eigenvalue weighted by atomic mass is 9.95. The van der Waals surface area contributed by atoms with Crippen LogP contribution >= 0.6 is 0 Å². The van der Waals surface area contributed by atoms with E-state index in [1.54, 1.807) is 12.1 Å². The van der Waals surface area contributed by atoms with Gasteiger partial charge in [0, 0.05) is 23.7 Å². The second-order valence-electron chi connectivity index (χ2n) is 5.82. The Kier molecular flexibility index (Phi) is 3.31. The minimum absolute atomic E-state index is 0.238. The van der Waals surface area contributed by atoms with Gasteiger partial charge in [0.2, 0.25) is 0 Å². The second-order valence-corrected chi connectivity index (χ2v) is 5.82. The predicted octanol–water partition coefficient (Wildman–Crippen LogP) is 4.59. The molecule has 0 spiro atoms. The summed E-state index contributed by atoms with van der Waals surface area (Å²) in [5.74, 6) is -0.238. The van der Waals surface area contributed by atoms with E-state index in [2.05, 4.69) is 33.8 Å². The zero-order valence-electron chi connectivity index (χ0n) is 13.3. The van der Waals surface area contributed by atoms with E-state index in [1.165, 1.54) is 12.1 Å². The molecule has 0 saturated heterocycles. The molecule has 0 bridgehead atoms. The number of fused-ring (bicyclic) bond motifs is 1. The van der Waals surface area contributed by atoms with Crippen molar-refractivity contribution in [1.29, 1.82) is 0 Å². The van der Waals surface area contributed by atoms with Crippen molar-refractivity contribution in [1.82, 2.24) is 15.1 Å². The molecule has 0 unspecified atom stereocenters.